The zero-order valence-electron chi connectivity index (χ0n) is 13.0. The van der Waals surface area contributed by atoms with Crippen molar-refractivity contribution in [1.29, 1.82) is 0 Å². The number of benzene rings is 1. The van der Waals surface area contributed by atoms with Gasteiger partial charge in [-0.2, -0.15) is 0 Å². The van der Waals surface area contributed by atoms with Crippen molar-refractivity contribution < 1.29 is 4.42 Å². The molecule has 2 nitrogen and oxygen atoms in total. The molecule has 0 fully saturated rings. The Morgan fingerprint density at radius 2 is 2.05 bits per heavy atom. The molecule has 20 heavy (non-hydrogen) atoms. The molecule has 2 aromatic rings. The molecule has 0 aliphatic heterocycles. The highest BCUT2D eigenvalue weighted by molar-refractivity contribution is 5.88. The average Bonchev–Trinajstić information content (AvgIpc) is 2.74. The van der Waals surface area contributed by atoms with Gasteiger partial charge in [0.05, 0.1) is 0 Å². The SMILES string of the molecule is CCCNC/C(=C/c1c(C)oc2ccccc12)C(C)C. The lowest BCUT2D eigenvalue weighted by atomic mass is 9.99. The Labute approximate surface area is 121 Å². The van der Waals surface area contributed by atoms with Crippen LogP contribution < -0.4 is 5.32 Å². The molecule has 2 rings (SSSR count). The van der Waals surface area contributed by atoms with Gasteiger partial charge in [-0.15, -0.1) is 0 Å². The molecule has 0 bridgehead atoms. The summed E-state index contributed by atoms with van der Waals surface area (Å²) in [5, 5.41) is 4.70. The lowest BCUT2D eigenvalue weighted by Crippen LogP contribution is -2.19. The second kappa shape index (κ2) is 6.76. The molecule has 1 heterocycles. The Balaban J connectivity index is 2.35. The van der Waals surface area contributed by atoms with Crippen molar-refractivity contribution in [2.45, 2.75) is 34.1 Å². The van der Waals surface area contributed by atoms with Gasteiger partial charge in [0.25, 0.3) is 0 Å². The number of fused-ring (bicyclic) bond motifs is 1. The highest BCUT2D eigenvalue weighted by atomic mass is 16.3. The third-order valence-corrected chi connectivity index (χ3v) is 3.65. The van der Waals surface area contributed by atoms with Crippen LogP contribution in [-0.4, -0.2) is 13.1 Å². The first-order chi connectivity index (χ1) is 9.63. The molecule has 0 aliphatic carbocycles. The molecule has 0 spiro atoms. The average molecular weight is 271 g/mol. The molecule has 2 heteroatoms. The van der Waals surface area contributed by atoms with Crippen molar-refractivity contribution >= 4 is 17.0 Å². The van der Waals surface area contributed by atoms with E-state index in [1.54, 1.807) is 0 Å². The molecule has 0 saturated heterocycles. The van der Waals surface area contributed by atoms with Gasteiger partial charge >= 0.3 is 0 Å². The van der Waals surface area contributed by atoms with E-state index in [-0.39, 0.29) is 0 Å². The zero-order valence-corrected chi connectivity index (χ0v) is 13.0. The van der Waals surface area contributed by atoms with Crippen LogP contribution in [0.1, 0.15) is 38.5 Å². The van der Waals surface area contributed by atoms with Crippen molar-refractivity contribution in [2.75, 3.05) is 13.1 Å². The number of nitrogens with one attached hydrogen (secondary N) is 1. The summed E-state index contributed by atoms with van der Waals surface area (Å²) < 4.78 is 5.84. The minimum atomic E-state index is 0.535. The maximum atomic E-state index is 5.84. The van der Waals surface area contributed by atoms with E-state index in [0.717, 1.165) is 24.4 Å². The number of para-hydroxylation sites is 1. The predicted octanol–water partition coefficient (Wildman–Crippen LogP) is 4.78. The summed E-state index contributed by atoms with van der Waals surface area (Å²) in [6.07, 6.45) is 3.47. The molecule has 1 aromatic heterocycles. The maximum absolute atomic E-state index is 5.84. The monoisotopic (exact) mass is 271 g/mol. The Morgan fingerprint density at radius 3 is 2.75 bits per heavy atom. The van der Waals surface area contributed by atoms with Crippen LogP contribution in [0.15, 0.2) is 34.3 Å². The number of rotatable bonds is 6. The van der Waals surface area contributed by atoms with Gasteiger partial charge in [-0.05, 0) is 31.9 Å². The van der Waals surface area contributed by atoms with Crippen LogP contribution in [0, 0.1) is 12.8 Å². The van der Waals surface area contributed by atoms with Crippen molar-refractivity contribution in [3.8, 4) is 0 Å². The first kappa shape index (κ1) is 14.9. The lowest BCUT2D eigenvalue weighted by Gasteiger charge is -2.12. The van der Waals surface area contributed by atoms with Crippen molar-refractivity contribution in [1.82, 2.24) is 5.32 Å². The van der Waals surface area contributed by atoms with Gasteiger partial charge in [0.2, 0.25) is 0 Å². The topological polar surface area (TPSA) is 25.2 Å². The molecule has 0 unspecified atom stereocenters. The quantitative estimate of drug-likeness (QED) is 0.765. The van der Waals surface area contributed by atoms with Gasteiger partial charge in [-0.25, -0.2) is 0 Å². The van der Waals surface area contributed by atoms with Gasteiger partial charge in [0.1, 0.15) is 11.3 Å². The predicted molar refractivity (Wildman–Crippen MR) is 86.9 cm³/mol. The molecule has 0 saturated carbocycles. The minimum Gasteiger partial charge on any atom is -0.461 e. The van der Waals surface area contributed by atoms with E-state index in [1.165, 1.54) is 22.9 Å². The molecule has 1 N–H and O–H groups in total. The summed E-state index contributed by atoms with van der Waals surface area (Å²) in [5.74, 6) is 1.53. The van der Waals surface area contributed by atoms with Gasteiger partial charge < -0.3 is 9.73 Å². The molecule has 108 valence electrons. The van der Waals surface area contributed by atoms with Crippen molar-refractivity contribution in [3.05, 3.63) is 41.2 Å². The molecule has 1 aromatic carbocycles. The van der Waals surface area contributed by atoms with Gasteiger partial charge in [0.15, 0.2) is 0 Å². The number of furan rings is 1. The second-order valence-corrected chi connectivity index (χ2v) is 5.62. The number of hydrogen-bond acceptors (Lipinski definition) is 2. The molecular weight excluding hydrogens is 246 g/mol. The molecule has 0 amide bonds. The number of aryl methyl sites for hydroxylation is 1. The van der Waals surface area contributed by atoms with Gasteiger partial charge in [-0.1, -0.05) is 50.6 Å². The lowest BCUT2D eigenvalue weighted by molar-refractivity contribution is 0.577. The van der Waals surface area contributed by atoms with E-state index in [4.69, 9.17) is 4.42 Å². The zero-order chi connectivity index (χ0) is 14.5. The summed E-state index contributed by atoms with van der Waals surface area (Å²) >= 11 is 0. The fourth-order valence-electron chi connectivity index (χ4n) is 2.38. The molecule has 0 radical (unpaired) electrons. The summed E-state index contributed by atoms with van der Waals surface area (Å²) in [6.45, 7) is 10.7. The van der Waals surface area contributed by atoms with E-state index >= 15 is 0 Å². The molecule has 0 atom stereocenters. The van der Waals surface area contributed by atoms with E-state index in [9.17, 15) is 0 Å². The molecular formula is C18H25NO. The van der Waals surface area contributed by atoms with E-state index in [0.29, 0.717) is 5.92 Å². The Morgan fingerprint density at radius 1 is 1.30 bits per heavy atom. The fourth-order valence-corrected chi connectivity index (χ4v) is 2.38. The first-order valence-electron chi connectivity index (χ1n) is 7.52. The second-order valence-electron chi connectivity index (χ2n) is 5.62. The normalized spacial score (nSPS) is 12.6. The molecule has 0 aliphatic rings. The smallest absolute Gasteiger partial charge is 0.134 e. The fraction of sp³-hybridized carbons (Fsp3) is 0.444. The highest BCUT2D eigenvalue weighted by Crippen LogP contribution is 2.28. The summed E-state index contributed by atoms with van der Waals surface area (Å²) in [5.41, 5.74) is 3.62. The van der Waals surface area contributed by atoms with Crippen LogP contribution >= 0.6 is 0 Å². The van der Waals surface area contributed by atoms with E-state index < -0.39 is 0 Å². The Hall–Kier alpha value is -1.54. The van der Waals surface area contributed by atoms with E-state index in [2.05, 4.69) is 44.3 Å². The minimum absolute atomic E-state index is 0.535. The van der Waals surface area contributed by atoms with Gasteiger partial charge in [-0.3, -0.25) is 0 Å². The standard InChI is InChI=1S/C18H25NO/c1-5-10-19-12-15(13(2)3)11-17-14(4)20-18-9-7-6-8-16(17)18/h6-9,11,13,19H,5,10,12H2,1-4H3/b15-11-. The third-order valence-electron chi connectivity index (χ3n) is 3.65. The van der Waals surface area contributed by atoms with Crippen molar-refractivity contribution in [2.24, 2.45) is 5.92 Å². The summed E-state index contributed by atoms with van der Waals surface area (Å²) in [7, 11) is 0. The van der Waals surface area contributed by atoms with Crippen LogP contribution in [0.2, 0.25) is 0 Å². The van der Waals surface area contributed by atoms with Crippen LogP contribution in [0.4, 0.5) is 0 Å². The van der Waals surface area contributed by atoms with Gasteiger partial charge in [0, 0.05) is 17.5 Å². The summed E-state index contributed by atoms with van der Waals surface area (Å²) in [6, 6.07) is 8.25. The Bertz CT molecular complexity index is 592. The van der Waals surface area contributed by atoms with Crippen LogP contribution in [-0.2, 0) is 0 Å². The summed E-state index contributed by atoms with van der Waals surface area (Å²) in [4.78, 5) is 0. The number of hydrogen-bond donors (Lipinski definition) is 1. The van der Waals surface area contributed by atoms with Crippen LogP contribution in [0.25, 0.3) is 17.0 Å². The Kier molecular flexibility index (Phi) is 5.02. The van der Waals surface area contributed by atoms with E-state index in [1.807, 2.05) is 19.1 Å². The van der Waals surface area contributed by atoms with Crippen LogP contribution in [0.5, 0.6) is 0 Å². The largest absolute Gasteiger partial charge is 0.461 e. The third kappa shape index (κ3) is 3.31. The first-order valence-corrected chi connectivity index (χ1v) is 7.52. The highest BCUT2D eigenvalue weighted by Gasteiger charge is 2.10. The maximum Gasteiger partial charge on any atom is 0.134 e. The van der Waals surface area contributed by atoms with Crippen LogP contribution in [0.3, 0.4) is 0 Å². The van der Waals surface area contributed by atoms with Crippen molar-refractivity contribution in [3.63, 3.8) is 0 Å².